The highest BCUT2D eigenvalue weighted by atomic mass is 19.4. The van der Waals surface area contributed by atoms with Crippen molar-refractivity contribution in [3.63, 3.8) is 0 Å². The molecule has 8 nitrogen and oxygen atoms in total. The van der Waals surface area contributed by atoms with Crippen LogP contribution in [0.15, 0.2) is 12.3 Å². The van der Waals surface area contributed by atoms with Gasteiger partial charge in [0.1, 0.15) is 5.69 Å². The second kappa shape index (κ2) is 9.22. The van der Waals surface area contributed by atoms with E-state index in [1.54, 1.807) is 9.80 Å². The second-order valence-corrected chi connectivity index (χ2v) is 10.5. The third-order valence-electron chi connectivity index (χ3n) is 7.13. The lowest BCUT2D eigenvalue weighted by Crippen LogP contribution is -2.55. The third kappa shape index (κ3) is 5.07. The minimum atomic E-state index is -4.55. The Kier molecular flexibility index (Phi) is 7.06. The van der Waals surface area contributed by atoms with Crippen molar-refractivity contribution in [2.75, 3.05) is 31.1 Å². The molecule has 1 N–H and O–H groups in total. The first-order valence-electron chi connectivity index (χ1n) is 11.6. The van der Waals surface area contributed by atoms with Gasteiger partial charge in [-0.05, 0) is 52.0 Å². The van der Waals surface area contributed by atoms with Gasteiger partial charge in [-0.15, -0.1) is 0 Å². The zero-order valence-electron chi connectivity index (χ0n) is 20.4. The Labute approximate surface area is 198 Å². The first-order valence-corrected chi connectivity index (χ1v) is 11.6. The van der Waals surface area contributed by atoms with Crippen LogP contribution in [0.4, 0.5) is 23.9 Å². The van der Waals surface area contributed by atoms with Gasteiger partial charge in [0.15, 0.2) is 0 Å². The van der Waals surface area contributed by atoms with Crippen LogP contribution in [0, 0.1) is 11.3 Å². The van der Waals surface area contributed by atoms with Crippen LogP contribution in [0.1, 0.15) is 59.6 Å². The molecular formula is C23H34F3N5O3. The highest BCUT2D eigenvalue weighted by Gasteiger charge is 2.52. The number of aromatic nitrogens is 2. The molecule has 0 bridgehead atoms. The minimum Gasteiger partial charge on any atom is -0.465 e. The summed E-state index contributed by atoms with van der Waals surface area (Å²) in [7, 11) is 0. The van der Waals surface area contributed by atoms with E-state index in [1.165, 1.54) is 4.90 Å². The van der Waals surface area contributed by atoms with Gasteiger partial charge < -0.3 is 19.8 Å². The van der Waals surface area contributed by atoms with E-state index in [4.69, 9.17) is 0 Å². The number of nitrogens with zero attached hydrogens (tertiary/aromatic N) is 5. The summed E-state index contributed by atoms with van der Waals surface area (Å²) in [6, 6.07) is 0.591. The molecular weight excluding hydrogens is 451 g/mol. The van der Waals surface area contributed by atoms with E-state index in [-0.39, 0.29) is 23.8 Å². The van der Waals surface area contributed by atoms with Crippen LogP contribution in [0.3, 0.4) is 0 Å². The van der Waals surface area contributed by atoms with Crippen molar-refractivity contribution in [1.29, 1.82) is 0 Å². The Hall–Kier alpha value is -2.59. The summed E-state index contributed by atoms with van der Waals surface area (Å²) in [4.78, 5) is 38.2. The molecule has 0 aromatic carbocycles. The molecule has 190 valence electrons. The van der Waals surface area contributed by atoms with E-state index >= 15 is 0 Å². The monoisotopic (exact) mass is 485 g/mol. The first kappa shape index (κ1) is 26.0. The van der Waals surface area contributed by atoms with Crippen LogP contribution in [-0.2, 0) is 11.0 Å². The number of piperazine rings is 1. The lowest BCUT2D eigenvalue weighted by Gasteiger charge is -2.43. The highest BCUT2D eigenvalue weighted by Crippen LogP contribution is 2.48. The molecule has 2 fully saturated rings. The summed E-state index contributed by atoms with van der Waals surface area (Å²) >= 11 is 0. The maximum absolute atomic E-state index is 13.7. The Morgan fingerprint density at radius 2 is 1.79 bits per heavy atom. The van der Waals surface area contributed by atoms with Gasteiger partial charge in [-0.25, -0.2) is 14.8 Å². The number of alkyl halides is 3. The molecule has 11 heteroatoms. The molecule has 1 aromatic heterocycles. The summed E-state index contributed by atoms with van der Waals surface area (Å²) in [6.07, 6.45) is -2.76. The van der Waals surface area contributed by atoms with Crippen molar-refractivity contribution < 1.29 is 27.9 Å². The summed E-state index contributed by atoms with van der Waals surface area (Å²) < 4.78 is 39.0. The Morgan fingerprint density at radius 1 is 1.18 bits per heavy atom. The number of carboxylic acid groups (broad SMARTS) is 1. The predicted molar refractivity (Wildman–Crippen MR) is 120 cm³/mol. The maximum Gasteiger partial charge on any atom is 0.433 e. The van der Waals surface area contributed by atoms with E-state index in [2.05, 4.69) is 9.97 Å². The van der Waals surface area contributed by atoms with Gasteiger partial charge in [0.05, 0.1) is 5.41 Å². The van der Waals surface area contributed by atoms with Gasteiger partial charge in [-0.1, -0.05) is 13.8 Å². The number of hydrogen-bond donors (Lipinski definition) is 1. The van der Waals surface area contributed by atoms with Gasteiger partial charge >= 0.3 is 12.3 Å². The van der Waals surface area contributed by atoms with Gasteiger partial charge in [0.2, 0.25) is 11.9 Å². The lowest BCUT2D eigenvalue weighted by atomic mass is 9.74. The van der Waals surface area contributed by atoms with Crippen LogP contribution < -0.4 is 4.90 Å². The van der Waals surface area contributed by atoms with Crippen LogP contribution >= 0.6 is 0 Å². The summed E-state index contributed by atoms with van der Waals surface area (Å²) in [5, 5.41) is 9.82. The number of anilines is 1. The van der Waals surface area contributed by atoms with E-state index in [0.29, 0.717) is 45.4 Å². The average molecular weight is 486 g/mol. The molecule has 2 aliphatic rings. The number of hydrogen-bond acceptors (Lipinski definition) is 5. The van der Waals surface area contributed by atoms with Crippen LogP contribution in [0.25, 0.3) is 0 Å². The largest absolute Gasteiger partial charge is 0.465 e. The van der Waals surface area contributed by atoms with Crippen LogP contribution in [0.5, 0.6) is 0 Å². The summed E-state index contributed by atoms with van der Waals surface area (Å²) in [5.74, 6) is 0.0167. The molecule has 1 aliphatic heterocycles. The zero-order chi connectivity index (χ0) is 25.5. The standard InChI is InChI=1S/C23H34F3N5O3/c1-15(2)22(8-6-16(14-22)31(20(33)34)21(3,4)5)18(32)29-10-12-30(13-11-29)19-27-9-7-17(28-19)23(24,25)26/h7,9,15-16H,6,8,10-14H2,1-5H3,(H,33,34)/t16-,22+/m1/s1. The van der Waals surface area contributed by atoms with Gasteiger partial charge in [0.25, 0.3) is 0 Å². The summed E-state index contributed by atoms with van der Waals surface area (Å²) in [6.45, 7) is 10.9. The van der Waals surface area contributed by atoms with Crippen molar-refractivity contribution in [3.05, 3.63) is 18.0 Å². The van der Waals surface area contributed by atoms with Gasteiger partial charge in [-0.2, -0.15) is 13.2 Å². The molecule has 1 saturated carbocycles. The van der Waals surface area contributed by atoms with E-state index in [1.807, 2.05) is 34.6 Å². The zero-order valence-corrected chi connectivity index (χ0v) is 20.4. The van der Waals surface area contributed by atoms with Gasteiger partial charge in [0, 0.05) is 44.0 Å². The Morgan fingerprint density at radius 3 is 2.29 bits per heavy atom. The first-order chi connectivity index (χ1) is 15.7. The number of carbonyl (C=O) groups is 2. The van der Waals surface area contributed by atoms with E-state index < -0.39 is 28.9 Å². The fraction of sp³-hybridized carbons (Fsp3) is 0.739. The molecule has 2 amide bonds. The number of amides is 2. The fourth-order valence-electron chi connectivity index (χ4n) is 5.31. The maximum atomic E-state index is 13.7. The Balaban J connectivity index is 1.72. The molecule has 2 atom stereocenters. The third-order valence-corrected chi connectivity index (χ3v) is 7.13. The predicted octanol–water partition coefficient (Wildman–Crippen LogP) is 4.12. The second-order valence-electron chi connectivity index (χ2n) is 10.5. The van der Waals surface area contributed by atoms with Crippen molar-refractivity contribution in [2.24, 2.45) is 11.3 Å². The van der Waals surface area contributed by atoms with Crippen LogP contribution in [0.2, 0.25) is 0 Å². The number of rotatable bonds is 4. The average Bonchev–Trinajstić information content (AvgIpc) is 3.17. The number of halogens is 3. The lowest BCUT2D eigenvalue weighted by molar-refractivity contribution is -0.145. The van der Waals surface area contributed by atoms with Crippen molar-refractivity contribution in [3.8, 4) is 0 Å². The quantitative estimate of drug-likeness (QED) is 0.690. The van der Waals surface area contributed by atoms with Crippen molar-refractivity contribution >= 4 is 17.9 Å². The molecule has 2 heterocycles. The van der Waals surface area contributed by atoms with Crippen molar-refractivity contribution in [1.82, 2.24) is 19.8 Å². The molecule has 0 unspecified atom stereocenters. The molecule has 0 radical (unpaired) electrons. The van der Waals surface area contributed by atoms with E-state index in [0.717, 1.165) is 12.3 Å². The molecule has 1 aromatic rings. The molecule has 34 heavy (non-hydrogen) atoms. The Bertz CT molecular complexity index is 910. The molecule has 1 aliphatic carbocycles. The molecule has 3 rings (SSSR count). The SMILES string of the molecule is CC(C)[C@]1(C(=O)N2CCN(c3nccc(C(F)(F)F)n3)CC2)CC[C@@H](N(C(=O)O)C(C)(C)C)C1. The van der Waals surface area contributed by atoms with Crippen molar-refractivity contribution in [2.45, 2.75) is 71.6 Å². The normalized spacial score (nSPS) is 24.0. The van der Waals surface area contributed by atoms with Gasteiger partial charge in [-0.3, -0.25) is 4.79 Å². The van der Waals surface area contributed by atoms with Crippen LogP contribution in [-0.4, -0.2) is 74.6 Å². The highest BCUT2D eigenvalue weighted by molar-refractivity contribution is 5.84. The topological polar surface area (TPSA) is 89.9 Å². The van der Waals surface area contributed by atoms with E-state index in [9.17, 15) is 27.9 Å². The summed E-state index contributed by atoms with van der Waals surface area (Å²) in [5.41, 5.74) is -2.24. The minimum absolute atomic E-state index is 0.00343. The number of carbonyl (C=O) groups excluding carboxylic acids is 1. The smallest absolute Gasteiger partial charge is 0.433 e. The molecule has 0 spiro atoms. The molecule has 1 saturated heterocycles. The fourth-order valence-corrected chi connectivity index (χ4v) is 5.31.